The average molecular weight is 405 g/mol. The van der Waals surface area contributed by atoms with E-state index >= 15 is 0 Å². The maximum atomic E-state index is 13.5. The Morgan fingerprint density at radius 2 is 1.86 bits per heavy atom. The molecule has 28 heavy (non-hydrogen) atoms. The van der Waals surface area contributed by atoms with Crippen LogP contribution in [0, 0.1) is 5.82 Å². The topological polar surface area (TPSA) is 64.3 Å². The highest BCUT2D eigenvalue weighted by molar-refractivity contribution is 5.88. The van der Waals surface area contributed by atoms with Crippen LogP contribution in [-0.2, 0) is 21.4 Å². The van der Waals surface area contributed by atoms with Crippen LogP contribution < -0.4 is 11.1 Å². The molecule has 1 fully saturated rings. The Labute approximate surface area is 171 Å². The van der Waals surface area contributed by atoms with Gasteiger partial charge >= 0.3 is 0 Å². The highest BCUT2D eigenvalue weighted by atomic mass is 35.5. The van der Waals surface area contributed by atoms with Crippen LogP contribution in [0.3, 0.4) is 0 Å². The van der Waals surface area contributed by atoms with Gasteiger partial charge in [0.05, 0.1) is 11.5 Å². The number of nitrogens with one attached hydrogen (secondary N) is 1. The van der Waals surface area contributed by atoms with Gasteiger partial charge < -0.3 is 15.8 Å². The zero-order valence-electron chi connectivity index (χ0n) is 15.7. The van der Waals surface area contributed by atoms with Gasteiger partial charge in [-0.05, 0) is 73.1 Å². The summed E-state index contributed by atoms with van der Waals surface area (Å²) in [6.07, 6.45) is 4.13. The molecule has 2 aliphatic rings. The van der Waals surface area contributed by atoms with Crippen molar-refractivity contribution >= 4 is 24.0 Å². The molecular weight excluding hydrogens is 379 g/mol. The number of anilines is 1. The molecule has 0 bridgehead atoms. The number of nitrogen functional groups attached to an aromatic ring is 1. The monoisotopic (exact) mass is 404 g/mol. The van der Waals surface area contributed by atoms with Crippen LogP contribution in [0.15, 0.2) is 42.5 Å². The zero-order chi connectivity index (χ0) is 18.9. The SMILES string of the molecule is Cl.Nc1ccc2c(c1)CCCC2NC(=O)C1(c2ccc(F)cc2)CCOCC1. The van der Waals surface area contributed by atoms with E-state index in [0.717, 1.165) is 36.1 Å². The summed E-state index contributed by atoms with van der Waals surface area (Å²) < 4.78 is 18.9. The van der Waals surface area contributed by atoms with Crippen molar-refractivity contribution < 1.29 is 13.9 Å². The molecule has 3 N–H and O–H groups in total. The van der Waals surface area contributed by atoms with Crippen LogP contribution in [0.1, 0.15) is 48.4 Å². The van der Waals surface area contributed by atoms with Gasteiger partial charge in [-0.25, -0.2) is 4.39 Å². The molecule has 1 saturated heterocycles. The molecule has 2 aromatic rings. The van der Waals surface area contributed by atoms with Crippen molar-refractivity contribution in [3.8, 4) is 0 Å². The minimum absolute atomic E-state index is 0. The van der Waals surface area contributed by atoms with Crippen molar-refractivity contribution in [3.63, 3.8) is 0 Å². The number of benzene rings is 2. The molecule has 1 amide bonds. The summed E-state index contributed by atoms with van der Waals surface area (Å²) in [4.78, 5) is 13.5. The van der Waals surface area contributed by atoms with Crippen LogP contribution >= 0.6 is 12.4 Å². The third-order valence-corrected chi connectivity index (χ3v) is 5.96. The Balaban J connectivity index is 0.00000225. The number of hydrogen-bond donors (Lipinski definition) is 2. The highest BCUT2D eigenvalue weighted by Gasteiger charge is 2.42. The van der Waals surface area contributed by atoms with E-state index in [9.17, 15) is 9.18 Å². The Hall–Kier alpha value is -2.11. The molecule has 1 unspecified atom stereocenters. The van der Waals surface area contributed by atoms with E-state index in [4.69, 9.17) is 10.5 Å². The van der Waals surface area contributed by atoms with Gasteiger partial charge in [0, 0.05) is 18.9 Å². The molecule has 1 aliphatic heterocycles. The molecule has 1 atom stereocenters. The fraction of sp³-hybridized carbons (Fsp3) is 0.409. The first-order valence-electron chi connectivity index (χ1n) is 9.61. The summed E-state index contributed by atoms with van der Waals surface area (Å²) in [6, 6.07) is 12.2. The number of ether oxygens (including phenoxy) is 1. The van der Waals surface area contributed by atoms with Gasteiger partial charge in [0.15, 0.2) is 0 Å². The molecule has 0 aromatic heterocycles. The van der Waals surface area contributed by atoms with E-state index < -0.39 is 5.41 Å². The largest absolute Gasteiger partial charge is 0.399 e. The van der Waals surface area contributed by atoms with E-state index in [1.165, 1.54) is 17.7 Å². The summed E-state index contributed by atoms with van der Waals surface area (Å²) in [5.41, 5.74) is 9.24. The standard InChI is InChI=1S/C22H25FN2O2.ClH/c23-17-6-4-16(5-7-17)22(10-12-27-13-11-22)21(26)25-20-3-1-2-15-14-18(24)8-9-19(15)20;/h4-9,14,20H,1-3,10-13,24H2,(H,25,26);1H. The van der Waals surface area contributed by atoms with E-state index in [1.54, 1.807) is 12.1 Å². The van der Waals surface area contributed by atoms with Gasteiger partial charge in [0.25, 0.3) is 0 Å². The third kappa shape index (κ3) is 3.87. The molecule has 6 heteroatoms. The van der Waals surface area contributed by atoms with Crippen LogP contribution in [0.4, 0.5) is 10.1 Å². The maximum absolute atomic E-state index is 13.5. The Kier molecular flexibility index (Phi) is 6.26. The first-order valence-corrected chi connectivity index (χ1v) is 9.61. The normalized spacial score (nSPS) is 20.5. The summed E-state index contributed by atoms with van der Waals surface area (Å²) >= 11 is 0. The maximum Gasteiger partial charge on any atom is 0.231 e. The number of halogens is 2. The molecule has 2 aromatic carbocycles. The third-order valence-electron chi connectivity index (χ3n) is 5.96. The lowest BCUT2D eigenvalue weighted by molar-refractivity contribution is -0.131. The lowest BCUT2D eigenvalue weighted by Gasteiger charge is -2.38. The number of amides is 1. The van der Waals surface area contributed by atoms with Crippen LogP contribution in [0.25, 0.3) is 0 Å². The van der Waals surface area contributed by atoms with Gasteiger partial charge in [-0.1, -0.05) is 18.2 Å². The van der Waals surface area contributed by atoms with Crippen LogP contribution in [0.2, 0.25) is 0 Å². The number of carbonyl (C=O) groups excluding carboxylic acids is 1. The second kappa shape index (κ2) is 8.50. The number of nitrogens with two attached hydrogens (primary N) is 1. The molecular formula is C22H26ClFN2O2. The van der Waals surface area contributed by atoms with E-state index in [2.05, 4.69) is 5.32 Å². The summed E-state index contributed by atoms with van der Waals surface area (Å²) in [5, 5.41) is 3.29. The minimum atomic E-state index is -0.669. The van der Waals surface area contributed by atoms with E-state index in [1.807, 2.05) is 18.2 Å². The van der Waals surface area contributed by atoms with E-state index in [-0.39, 0.29) is 30.2 Å². The molecule has 4 nitrogen and oxygen atoms in total. The van der Waals surface area contributed by atoms with Crippen molar-refractivity contribution in [2.45, 2.75) is 43.6 Å². The summed E-state index contributed by atoms with van der Waals surface area (Å²) in [5.74, 6) is -0.285. The van der Waals surface area contributed by atoms with Crippen LogP contribution in [0.5, 0.6) is 0 Å². The Bertz CT molecular complexity index is 835. The quantitative estimate of drug-likeness (QED) is 0.758. The van der Waals surface area contributed by atoms with E-state index in [0.29, 0.717) is 26.1 Å². The summed E-state index contributed by atoms with van der Waals surface area (Å²) in [7, 11) is 0. The molecule has 0 saturated carbocycles. The first-order chi connectivity index (χ1) is 13.1. The van der Waals surface area contributed by atoms with Crippen molar-refractivity contribution in [3.05, 3.63) is 65.0 Å². The van der Waals surface area contributed by atoms with Crippen molar-refractivity contribution in [1.82, 2.24) is 5.32 Å². The first kappa shape index (κ1) is 20.6. The van der Waals surface area contributed by atoms with Crippen molar-refractivity contribution in [2.75, 3.05) is 18.9 Å². The van der Waals surface area contributed by atoms with Crippen molar-refractivity contribution in [2.24, 2.45) is 0 Å². The fourth-order valence-electron chi connectivity index (χ4n) is 4.42. The number of carbonyl (C=O) groups is 1. The van der Waals surface area contributed by atoms with Gasteiger partial charge in [-0.3, -0.25) is 4.79 Å². The average Bonchev–Trinajstić information content (AvgIpc) is 2.69. The van der Waals surface area contributed by atoms with Gasteiger partial charge in [-0.15, -0.1) is 12.4 Å². The molecule has 1 aliphatic carbocycles. The molecule has 150 valence electrons. The predicted molar refractivity (Wildman–Crippen MR) is 110 cm³/mol. The van der Waals surface area contributed by atoms with Crippen molar-refractivity contribution in [1.29, 1.82) is 0 Å². The molecule has 1 heterocycles. The van der Waals surface area contributed by atoms with Gasteiger partial charge in [0.1, 0.15) is 5.82 Å². The second-order valence-electron chi connectivity index (χ2n) is 7.58. The molecule has 0 radical (unpaired) electrons. The molecule has 0 spiro atoms. The Morgan fingerprint density at radius 3 is 2.57 bits per heavy atom. The molecule has 4 rings (SSSR count). The summed E-state index contributed by atoms with van der Waals surface area (Å²) in [6.45, 7) is 1.06. The lowest BCUT2D eigenvalue weighted by atomic mass is 9.73. The zero-order valence-corrected chi connectivity index (χ0v) is 16.6. The second-order valence-corrected chi connectivity index (χ2v) is 7.58. The smallest absolute Gasteiger partial charge is 0.231 e. The van der Waals surface area contributed by atoms with Gasteiger partial charge in [0.2, 0.25) is 5.91 Å². The lowest BCUT2D eigenvalue weighted by Crippen LogP contribution is -2.49. The highest BCUT2D eigenvalue weighted by Crippen LogP contribution is 2.38. The number of rotatable bonds is 3. The Morgan fingerprint density at radius 1 is 1.14 bits per heavy atom. The van der Waals surface area contributed by atoms with Gasteiger partial charge in [-0.2, -0.15) is 0 Å². The number of aryl methyl sites for hydroxylation is 1. The number of hydrogen-bond acceptors (Lipinski definition) is 3. The predicted octanol–water partition coefficient (Wildman–Crippen LogP) is 4.07. The number of fused-ring (bicyclic) bond motifs is 1. The fourth-order valence-corrected chi connectivity index (χ4v) is 4.42. The minimum Gasteiger partial charge on any atom is -0.399 e. The van der Waals surface area contributed by atoms with Crippen LogP contribution in [-0.4, -0.2) is 19.1 Å².